The molecule has 2 aromatic carbocycles. The van der Waals surface area contributed by atoms with E-state index < -0.39 is 11.6 Å². The van der Waals surface area contributed by atoms with Gasteiger partial charge in [-0.1, -0.05) is 6.07 Å². The van der Waals surface area contributed by atoms with E-state index in [0.29, 0.717) is 48.0 Å². The van der Waals surface area contributed by atoms with Crippen molar-refractivity contribution in [2.75, 3.05) is 38.4 Å². The Kier molecular flexibility index (Phi) is 6.61. The Bertz CT molecular complexity index is 850. The average molecular weight is 408 g/mol. The van der Waals surface area contributed by atoms with Crippen LogP contribution in [0.2, 0.25) is 0 Å². The third-order valence-electron chi connectivity index (χ3n) is 4.58. The molecule has 28 heavy (non-hydrogen) atoms. The van der Waals surface area contributed by atoms with Gasteiger partial charge in [0.25, 0.3) is 0 Å². The largest absolute Gasteiger partial charge is 0.493 e. The van der Waals surface area contributed by atoms with Gasteiger partial charge in [0.15, 0.2) is 11.5 Å². The van der Waals surface area contributed by atoms with Crippen molar-refractivity contribution in [1.82, 2.24) is 4.90 Å². The minimum atomic E-state index is -0.457. The van der Waals surface area contributed by atoms with Crippen LogP contribution < -0.4 is 14.8 Å². The number of benzene rings is 2. The van der Waals surface area contributed by atoms with Gasteiger partial charge in [-0.2, -0.15) is 11.8 Å². The first-order chi connectivity index (χ1) is 13.5. The molecule has 0 bridgehead atoms. The van der Waals surface area contributed by atoms with Crippen LogP contribution in [0, 0.1) is 11.6 Å². The van der Waals surface area contributed by atoms with Crippen molar-refractivity contribution in [3.8, 4) is 11.5 Å². The molecule has 0 radical (unpaired) electrons. The van der Waals surface area contributed by atoms with E-state index in [9.17, 15) is 13.6 Å². The molecule has 8 heteroatoms. The molecule has 1 atom stereocenters. The van der Waals surface area contributed by atoms with Gasteiger partial charge in [0, 0.05) is 29.7 Å². The van der Waals surface area contributed by atoms with Crippen LogP contribution in [0.4, 0.5) is 19.3 Å². The van der Waals surface area contributed by atoms with Gasteiger partial charge in [0.2, 0.25) is 0 Å². The maximum Gasteiger partial charge on any atom is 0.321 e. The van der Waals surface area contributed by atoms with E-state index in [0.717, 1.165) is 12.1 Å². The molecule has 1 N–H and O–H groups in total. The first-order valence-electron chi connectivity index (χ1n) is 8.87. The van der Waals surface area contributed by atoms with E-state index in [4.69, 9.17) is 9.47 Å². The molecule has 2 amide bonds. The van der Waals surface area contributed by atoms with Gasteiger partial charge in [-0.25, -0.2) is 13.6 Å². The number of rotatable bonds is 4. The second kappa shape index (κ2) is 9.14. The van der Waals surface area contributed by atoms with Crippen molar-refractivity contribution in [2.45, 2.75) is 11.7 Å². The van der Waals surface area contributed by atoms with Crippen molar-refractivity contribution in [2.24, 2.45) is 0 Å². The van der Waals surface area contributed by atoms with Gasteiger partial charge in [0.1, 0.15) is 11.6 Å². The minimum Gasteiger partial charge on any atom is -0.493 e. The number of ether oxygens (including phenoxy) is 2. The fourth-order valence-electron chi connectivity index (χ4n) is 3.16. The van der Waals surface area contributed by atoms with E-state index in [1.54, 1.807) is 23.1 Å². The number of carbonyl (C=O) groups excluding carboxylic acids is 1. The van der Waals surface area contributed by atoms with Crippen LogP contribution in [-0.4, -0.2) is 44.0 Å². The standard InChI is InChI=1S/C20H22F2N2O3S/c1-26-17-5-3-4-16(19(17)27-2)23-20(25)24-9-8-18(28-11-10-24)14-12-13(21)6-7-15(14)22/h3-7,12,18H,8-11H2,1-2H3,(H,23,25). The van der Waals surface area contributed by atoms with Crippen LogP contribution >= 0.6 is 11.8 Å². The Hall–Kier alpha value is -2.48. The highest BCUT2D eigenvalue weighted by atomic mass is 32.2. The van der Waals surface area contributed by atoms with E-state index in [1.165, 1.54) is 32.0 Å². The molecular weight excluding hydrogens is 386 g/mol. The number of methoxy groups -OCH3 is 2. The van der Waals surface area contributed by atoms with E-state index in [2.05, 4.69) is 5.32 Å². The molecule has 1 saturated heterocycles. The lowest BCUT2D eigenvalue weighted by molar-refractivity contribution is 0.215. The summed E-state index contributed by atoms with van der Waals surface area (Å²) in [5, 5.41) is 2.65. The summed E-state index contributed by atoms with van der Waals surface area (Å²) in [5.74, 6) is 0.720. The molecule has 2 aromatic rings. The quantitative estimate of drug-likeness (QED) is 0.797. The summed E-state index contributed by atoms with van der Waals surface area (Å²) in [4.78, 5) is 14.4. The average Bonchev–Trinajstić information content (AvgIpc) is 2.95. The topological polar surface area (TPSA) is 50.8 Å². The van der Waals surface area contributed by atoms with E-state index in [1.807, 2.05) is 0 Å². The van der Waals surface area contributed by atoms with Crippen molar-refractivity contribution in [3.05, 3.63) is 53.6 Å². The number of amides is 2. The zero-order valence-corrected chi connectivity index (χ0v) is 16.5. The number of thioether (sulfide) groups is 1. The van der Waals surface area contributed by atoms with Crippen molar-refractivity contribution >= 4 is 23.5 Å². The monoisotopic (exact) mass is 408 g/mol. The summed E-state index contributed by atoms with van der Waals surface area (Å²) >= 11 is 1.53. The van der Waals surface area contributed by atoms with Crippen LogP contribution in [0.15, 0.2) is 36.4 Å². The number of urea groups is 1. The first-order valence-corrected chi connectivity index (χ1v) is 9.92. The summed E-state index contributed by atoms with van der Waals surface area (Å²) in [7, 11) is 3.04. The Morgan fingerprint density at radius 1 is 1.18 bits per heavy atom. The predicted octanol–water partition coefficient (Wildman–Crippen LogP) is 4.69. The van der Waals surface area contributed by atoms with Crippen LogP contribution in [0.1, 0.15) is 17.2 Å². The summed E-state index contributed by atoms with van der Waals surface area (Å²) in [6.07, 6.45) is 0.535. The van der Waals surface area contributed by atoms with Gasteiger partial charge in [-0.15, -0.1) is 0 Å². The number of para-hydroxylation sites is 1. The third kappa shape index (κ3) is 4.49. The third-order valence-corrected chi connectivity index (χ3v) is 5.89. The van der Waals surface area contributed by atoms with Gasteiger partial charge >= 0.3 is 6.03 Å². The zero-order chi connectivity index (χ0) is 20.1. The molecule has 1 fully saturated rings. The number of anilines is 1. The van der Waals surface area contributed by atoms with Crippen LogP contribution in [0.3, 0.4) is 0 Å². The maximum absolute atomic E-state index is 14.1. The summed E-state index contributed by atoms with van der Waals surface area (Å²) in [6, 6.07) is 8.47. The molecule has 1 aliphatic rings. The first kappa shape index (κ1) is 20.3. The fourth-order valence-corrected chi connectivity index (χ4v) is 4.41. The normalized spacial score (nSPS) is 17.0. The van der Waals surface area contributed by atoms with Crippen molar-refractivity contribution in [1.29, 1.82) is 0 Å². The molecule has 150 valence electrons. The predicted molar refractivity (Wildman–Crippen MR) is 106 cm³/mol. The summed E-state index contributed by atoms with van der Waals surface area (Å²) in [5.41, 5.74) is 0.859. The second-order valence-electron chi connectivity index (χ2n) is 6.27. The molecule has 0 spiro atoms. The number of hydrogen-bond acceptors (Lipinski definition) is 4. The molecule has 5 nitrogen and oxygen atoms in total. The second-order valence-corrected chi connectivity index (χ2v) is 7.58. The van der Waals surface area contributed by atoms with Gasteiger partial charge < -0.3 is 19.7 Å². The summed E-state index contributed by atoms with van der Waals surface area (Å²) < 4.78 is 38.2. The molecule has 0 saturated carbocycles. The lowest BCUT2D eigenvalue weighted by atomic mass is 10.1. The van der Waals surface area contributed by atoms with Crippen molar-refractivity contribution in [3.63, 3.8) is 0 Å². The number of nitrogens with one attached hydrogen (secondary N) is 1. The van der Waals surface area contributed by atoms with Crippen LogP contribution in [0.25, 0.3) is 0 Å². The minimum absolute atomic E-state index is 0.195. The number of carbonyl (C=O) groups is 1. The van der Waals surface area contributed by atoms with Crippen molar-refractivity contribution < 1.29 is 23.0 Å². The Morgan fingerprint density at radius 3 is 2.75 bits per heavy atom. The zero-order valence-electron chi connectivity index (χ0n) is 15.7. The Balaban J connectivity index is 1.69. The number of halogens is 2. The van der Waals surface area contributed by atoms with Gasteiger partial charge in [0.05, 0.1) is 19.9 Å². The molecule has 0 aromatic heterocycles. The molecular formula is C20H22F2N2O3S. The molecule has 1 heterocycles. The smallest absolute Gasteiger partial charge is 0.321 e. The molecule has 0 aliphatic carbocycles. The van der Waals surface area contributed by atoms with Crippen LogP contribution in [0.5, 0.6) is 11.5 Å². The van der Waals surface area contributed by atoms with E-state index >= 15 is 0 Å². The number of hydrogen-bond donors (Lipinski definition) is 1. The molecule has 3 rings (SSSR count). The molecule has 1 aliphatic heterocycles. The van der Waals surface area contributed by atoms with Crippen LogP contribution in [-0.2, 0) is 0 Å². The Labute approximate surface area is 167 Å². The van der Waals surface area contributed by atoms with Gasteiger partial charge in [-0.3, -0.25) is 0 Å². The SMILES string of the molecule is COc1cccc(NC(=O)N2CCSC(c3cc(F)ccc3F)CC2)c1OC. The number of nitrogens with zero attached hydrogens (tertiary/aromatic N) is 1. The lowest BCUT2D eigenvalue weighted by Gasteiger charge is -2.22. The maximum atomic E-state index is 14.1. The van der Waals surface area contributed by atoms with Gasteiger partial charge in [-0.05, 0) is 36.8 Å². The highest BCUT2D eigenvalue weighted by Gasteiger charge is 2.25. The van der Waals surface area contributed by atoms with E-state index in [-0.39, 0.29) is 11.3 Å². The Morgan fingerprint density at radius 2 is 2.00 bits per heavy atom. The summed E-state index contributed by atoms with van der Waals surface area (Å²) in [6.45, 7) is 0.946. The lowest BCUT2D eigenvalue weighted by Crippen LogP contribution is -2.36. The highest BCUT2D eigenvalue weighted by molar-refractivity contribution is 7.99. The molecule has 1 unspecified atom stereocenters. The highest BCUT2D eigenvalue weighted by Crippen LogP contribution is 2.37. The fraction of sp³-hybridized carbons (Fsp3) is 0.350.